The van der Waals surface area contributed by atoms with E-state index < -0.39 is 0 Å². The fourth-order valence-corrected chi connectivity index (χ4v) is 2.23. The van der Waals surface area contributed by atoms with Crippen molar-refractivity contribution in [2.24, 2.45) is 0 Å². The highest BCUT2D eigenvalue weighted by Crippen LogP contribution is 2.22. The largest absolute Gasteiger partial charge is 0.369 e. The molecule has 0 fully saturated rings. The number of nitrogens with one attached hydrogen (secondary N) is 1. The number of aromatic nitrogens is 3. The molecule has 0 aliphatic carbocycles. The number of nitriles is 1. The van der Waals surface area contributed by atoms with Gasteiger partial charge in [-0.2, -0.15) is 5.26 Å². The van der Waals surface area contributed by atoms with Crippen LogP contribution in [-0.2, 0) is 0 Å². The van der Waals surface area contributed by atoms with Crippen molar-refractivity contribution in [1.82, 2.24) is 14.4 Å². The third-order valence-electron chi connectivity index (χ3n) is 3.27. The molecule has 2 rings (SSSR count). The van der Waals surface area contributed by atoms with Gasteiger partial charge in [-0.3, -0.25) is 0 Å². The highest BCUT2D eigenvalue weighted by molar-refractivity contribution is 5.67. The molecule has 0 aromatic carbocycles. The third kappa shape index (κ3) is 3.43. The molecular weight excluding hydrogens is 264 g/mol. The molecule has 0 amide bonds. The van der Waals surface area contributed by atoms with Crippen LogP contribution < -0.4 is 10.2 Å². The van der Waals surface area contributed by atoms with Crippen LogP contribution in [0.4, 0.5) is 11.6 Å². The standard InChI is InChI=1S/C15H22N6/c1-4-7-17-13-11-20-10-8-18-14(20)15(19-13)21(12(2)3)9-5-6-16/h8,10-12,17H,4-5,7,9H2,1-3H3. The lowest BCUT2D eigenvalue weighted by molar-refractivity contribution is 0.677. The minimum absolute atomic E-state index is 0.257. The fraction of sp³-hybridized carbons (Fsp3) is 0.533. The number of hydrogen-bond acceptors (Lipinski definition) is 5. The van der Waals surface area contributed by atoms with Crippen LogP contribution in [0.2, 0.25) is 0 Å². The molecule has 0 aliphatic heterocycles. The molecule has 0 saturated heterocycles. The van der Waals surface area contributed by atoms with Gasteiger partial charge < -0.3 is 14.6 Å². The van der Waals surface area contributed by atoms with Gasteiger partial charge >= 0.3 is 0 Å². The molecule has 0 radical (unpaired) electrons. The van der Waals surface area contributed by atoms with E-state index in [1.54, 1.807) is 6.20 Å². The molecule has 1 N–H and O–H groups in total. The van der Waals surface area contributed by atoms with E-state index in [4.69, 9.17) is 10.2 Å². The summed E-state index contributed by atoms with van der Waals surface area (Å²) in [6.07, 6.45) is 7.15. The van der Waals surface area contributed by atoms with E-state index in [9.17, 15) is 0 Å². The molecule has 0 saturated carbocycles. The Hall–Kier alpha value is -2.29. The molecule has 2 aromatic heterocycles. The zero-order chi connectivity index (χ0) is 15.2. The van der Waals surface area contributed by atoms with Crippen LogP contribution in [0.15, 0.2) is 18.6 Å². The molecule has 21 heavy (non-hydrogen) atoms. The highest BCUT2D eigenvalue weighted by atomic mass is 15.3. The van der Waals surface area contributed by atoms with Gasteiger partial charge in [0.25, 0.3) is 0 Å². The average molecular weight is 286 g/mol. The van der Waals surface area contributed by atoms with Crippen molar-refractivity contribution in [3.8, 4) is 6.07 Å². The Morgan fingerprint density at radius 1 is 1.48 bits per heavy atom. The molecule has 2 heterocycles. The zero-order valence-corrected chi connectivity index (χ0v) is 12.9. The second-order valence-electron chi connectivity index (χ2n) is 5.23. The maximum absolute atomic E-state index is 8.86. The van der Waals surface area contributed by atoms with E-state index in [2.05, 4.69) is 42.0 Å². The van der Waals surface area contributed by atoms with Crippen molar-refractivity contribution >= 4 is 17.3 Å². The molecule has 0 atom stereocenters. The van der Waals surface area contributed by atoms with Crippen LogP contribution in [0.25, 0.3) is 5.65 Å². The Morgan fingerprint density at radius 2 is 2.29 bits per heavy atom. The molecule has 0 spiro atoms. The fourth-order valence-electron chi connectivity index (χ4n) is 2.23. The lowest BCUT2D eigenvalue weighted by atomic mass is 10.3. The Labute approximate surface area is 125 Å². The monoisotopic (exact) mass is 286 g/mol. The van der Waals surface area contributed by atoms with Gasteiger partial charge in [0, 0.05) is 31.5 Å². The van der Waals surface area contributed by atoms with Crippen LogP contribution in [0.1, 0.15) is 33.6 Å². The summed E-state index contributed by atoms with van der Waals surface area (Å²) >= 11 is 0. The van der Waals surface area contributed by atoms with Gasteiger partial charge in [0.1, 0.15) is 5.82 Å². The molecule has 6 nitrogen and oxygen atoms in total. The lowest BCUT2D eigenvalue weighted by Gasteiger charge is -2.27. The van der Waals surface area contributed by atoms with E-state index in [0.717, 1.165) is 30.2 Å². The van der Waals surface area contributed by atoms with Crippen LogP contribution in [0.3, 0.4) is 0 Å². The molecule has 112 valence electrons. The maximum atomic E-state index is 8.86. The predicted molar refractivity (Wildman–Crippen MR) is 84.5 cm³/mol. The normalized spacial score (nSPS) is 10.8. The Bertz CT molecular complexity index is 625. The van der Waals surface area contributed by atoms with Crippen LogP contribution in [0, 0.1) is 11.3 Å². The summed E-state index contributed by atoms with van der Waals surface area (Å²) in [6.45, 7) is 7.86. The van der Waals surface area contributed by atoms with Crippen molar-refractivity contribution < 1.29 is 0 Å². The maximum Gasteiger partial charge on any atom is 0.180 e. The summed E-state index contributed by atoms with van der Waals surface area (Å²) in [6, 6.07) is 2.46. The van der Waals surface area contributed by atoms with Gasteiger partial charge in [0.15, 0.2) is 11.5 Å². The van der Waals surface area contributed by atoms with Crippen LogP contribution >= 0.6 is 0 Å². The summed E-state index contributed by atoms with van der Waals surface area (Å²) in [4.78, 5) is 11.2. The SMILES string of the molecule is CCCNc1cn2ccnc2c(N(CCC#N)C(C)C)n1. The number of rotatable bonds is 7. The summed E-state index contributed by atoms with van der Waals surface area (Å²) < 4.78 is 1.97. The number of anilines is 2. The minimum atomic E-state index is 0.257. The third-order valence-corrected chi connectivity index (χ3v) is 3.27. The first-order valence-corrected chi connectivity index (χ1v) is 7.38. The summed E-state index contributed by atoms with van der Waals surface area (Å²) in [5.41, 5.74) is 0.823. The average Bonchev–Trinajstić information content (AvgIpc) is 2.93. The van der Waals surface area contributed by atoms with Crippen molar-refractivity contribution in [3.63, 3.8) is 0 Å². The number of fused-ring (bicyclic) bond motifs is 1. The highest BCUT2D eigenvalue weighted by Gasteiger charge is 2.17. The predicted octanol–water partition coefficient (Wildman–Crippen LogP) is 2.68. The second-order valence-corrected chi connectivity index (χ2v) is 5.23. The Balaban J connectivity index is 2.43. The van der Waals surface area contributed by atoms with E-state index in [0.29, 0.717) is 13.0 Å². The van der Waals surface area contributed by atoms with Crippen LogP contribution in [0.5, 0.6) is 0 Å². The first kappa shape index (κ1) is 15.1. The van der Waals surface area contributed by atoms with Crippen molar-refractivity contribution in [1.29, 1.82) is 5.26 Å². The summed E-state index contributed by atoms with van der Waals surface area (Å²) in [7, 11) is 0. The number of imidazole rings is 1. The first-order chi connectivity index (χ1) is 10.2. The van der Waals surface area contributed by atoms with Gasteiger partial charge in [-0.25, -0.2) is 9.97 Å². The lowest BCUT2D eigenvalue weighted by Crippen LogP contribution is -2.33. The summed E-state index contributed by atoms with van der Waals surface area (Å²) in [5, 5.41) is 12.2. The van der Waals surface area contributed by atoms with Crippen molar-refractivity contribution in [2.45, 2.75) is 39.7 Å². The van der Waals surface area contributed by atoms with E-state index in [1.807, 2.05) is 16.8 Å². The van der Waals surface area contributed by atoms with Gasteiger partial charge in [0.2, 0.25) is 0 Å². The number of hydrogen-bond donors (Lipinski definition) is 1. The molecule has 2 aromatic rings. The van der Waals surface area contributed by atoms with Gasteiger partial charge in [-0.1, -0.05) is 6.92 Å². The van der Waals surface area contributed by atoms with Gasteiger partial charge in [-0.15, -0.1) is 0 Å². The Morgan fingerprint density at radius 3 is 2.95 bits per heavy atom. The van der Waals surface area contributed by atoms with Gasteiger partial charge in [0.05, 0.1) is 18.7 Å². The molecule has 0 aliphatic rings. The van der Waals surface area contributed by atoms with E-state index in [1.165, 1.54) is 0 Å². The van der Waals surface area contributed by atoms with Crippen molar-refractivity contribution in [3.05, 3.63) is 18.6 Å². The topological polar surface area (TPSA) is 69.2 Å². The molecule has 0 bridgehead atoms. The van der Waals surface area contributed by atoms with Crippen molar-refractivity contribution in [2.75, 3.05) is 23.3 Å². The van der Waals surface area contributed by atoms with E-state index >= 15 is 0 Å². The van der Waals surface area contributed by atoms with E-state index in [-0.39, 0.29) is 6.04 Å². The summed E-state index contributed by atoms with van der Waals surface area (Å²) in [5.74, 6) is 1.66. The minimum Gasteiger partial charge on any atom is -0.369 e. The first-order valence-electron chi connectivity index (χ1n) is 7.38. The molecule has 6 heteroatoms. The number of nitrogens with zero attached hydrogens (tertiary/aromatic N) is 5. The Kier molecular flexibility index (Phi) is 4.99. The zero-order valence-electron chi connectivity index (χ0n) is 12.9. The molecular formula is C15H22N6. The second kappa shape index (κ2) is 6.93. The molecule has 0 unspecified atom stereocenters. The van der Waals surface area contributed by atoms with Gasteiger partial charge in [-0.05, 0) is 20.3 Å². The quantitative estimate of drug-likeness (QED) is 0.847. The smallest absolute Gasteiger partial charge is 0.180 e. The van der Waals surface area contributed by atoms with Crippen LogP contribution in [-0.4, -0.2) is 33.5 Å².